The van der Waals surface area contributed by atoms with E-state index in [2.05, 4.69) is 21.2 Å². The highest BCUT2D eigenvalue weighted by atomic mass is 79.9. The Balaban J connectivity index is 2.95. The minimum Gasteiger partial charge on any atom is -0.479 e. The van der Waals surface area contributed by atoms with E-state index in [0.717, 1.165) is 0 Å². The maximum absolute atomic E-state index is 12.7. The van der Waals surface area contributed by atoms with Gasteiger partial charge in [0.15, 0.2) is 0 Å². The van der Waals surface area contributed by atoms with Gasteiger partial charge in [-0.3, -0.25) is 0 Å². The lowest BCUT2D eigenvalue weighted by molar-refractivity contribution is -0.203. The number of halogens is 5. The number of carboxylic acid groups (broad SMARTS) is 1. The average molecular weight is 390 g/mol. The van der Waals surface area contributed by atoms with Crippen LogP contribution < -0.4 is 10.6 Å². The highest BCUT2D eigenvalue weighted by Crippen LogP contribution is 2.32. The molecule has 0 aromatic heterocycles. The summed E-state index contributed by atoms with van der Waals surface area (Å²) in [5.74, 6) is -2.23. The summed E-state index contributed by atoms with van der Waals surface area (Å²) in [5, 5.41) is 12.4. The van der Waals surface area contributed by atoms with E-state index in [-0.39, 0.29) is 15.2 Å². The molecule has 0 radical (unpaired) electrons. The lowest BCUT2D eigenvalue weighted by atomic mass is 10.0. The van der Waals surface area contributed by atoms with Gasteiger partial charge in [-0.15, -0.1) is 0 Å². The first-order chi connectivity index (χ1) is 9.49. The van der Waals surface area contributed by atoms with Gasteiger partial charge in [-0.2, -0.15) is 13.2 Å². The zero-order valence-electron chi connectivity index (χ0n) is 10.4. The Hall–Kier alpha value is -1.48. The predicted molar refractivity (Wildman–Crippen MR) is 73.4 cm³/mol. The molecule has 21 heavy (non-hydrogen) atoms. The number of hydrogen-bond acceptors (Lipinski definition) is 2. The molecule has 3 N–H and O–H groups in total. The molecule has 0 fully saturated rings. The number of carbonyl (C=O) groups excluding carboxylic acids is 1. The van der Waals surface area contributed by atoms with Crippen LogP contribution in [0.5, 0.6) is 0 Å². The normalized spacial score (nSPS) is 14.2. The monoisotopic (exact) mass is 388 g/mol. The van der Waals surface area contributed by atoms with Crippen LogP contribution in [0.4, 0.5) is 23.7 Å². The van der Waals surface area contributed by atoms with Crippen LogP contribution in [0, 0.1) is 0 Å². The van der Waals surface area contributed by atoms with E-state index in [1.807, 2.05) is 0 Å². The van der Waals surface area contributed by atoms with Crippen LogP contribution in [-0.2, 0) is 4.79 Å². The summed E-state index contributed by atoms with van der Waals surface area (Å²) < 4.78 is 38.5. The van der Waals surface area contributed by atoms with Gasteiger partial charge in [0, 0.05) is 0 Å². The van der Waals surface area contributed by atoms with Gasteiger partial charge in [0.25, 0.3) is 0 Å². The number of anilines is 1. The third-order valence-electron chi connectivity index (χ3n) is 2.56. The second-order valence-corrected chi connectivity index (χ2v) is 5.31. The molecule has 116 valence electrons. The van der Waals surface area contributed by atoms with E-state index in [4.69, 9.17) is 16.7 Å². The molecule has 1 rings (SSSR count). The number of benzene rings is 1. The molecular formula is C11H9BrClF3N2O3. The first-order valence-corrected chi connectivity index (χ1v) is 6.49. The van der Waals surface area contributed by atoms with Crippen LogP contribution in [0.3, 0.4) is 0 Å². The van der Waals surface area contributed by atoms with Gasteiger partial charge in [0.2, 0.25) is 5.54 Å². The van der Waals surface area contributed by atoms with Gasteiger partial charge in [0.1, 0.15) is 0 Å². The van der Waals surface area contributed by atoms with Crippen molar-refractivity contribution in [2.75, 3.05) is 5.32 Å². The molecule has 0 heterocycles. The number of aliphatic carboxylic acids is 1. The van der Waals surface area contributed by atoms with E-state index in [0.29, 0.717) is 6.92 Å². The Labute approximate surface area is 130 Å². The Morgan fingerprint density at radius 1 is 1.33 bits per heavy atom. The van der Waals surface area contributed by atoms with Crippen LogP contribution in [0.15, 0.2) is 22.7 Å². The maximum atomic E-state index is 12.7. The molecule has 0 saturated carbocycles. The molecule has 1 aromatic rings. The summed E-state index contributed by atoms with van der Waals surface area (Å²) in [6.45, 7) is 0.349. The first-order valence-electron chi connectivity index (χ1n) is 5.32. The highest BCUT2D eigenvalue weighted by molar-refractivity contribution is 9.10. The summed E-state index contributed by atoms with van der Waals surface area (Å²) in [7, 11) is 0. The molecule has 1 aromatic carbocycles. The zero-order chi connectivity index (χ0) is 16.4. The topological polar surface area (TPSA) is 78.4 Å². The number of urea groups is 1. The van der Waals surface area contributed by atoms with Gasteiger partial charge >= 0.3 is 18.2 Å². The van der Waals surface area contributed by atoms with E-state index in [9.17, 15) is 22.8 Å². The average Bonchev–Trinajstić information content (AvgIpc) is 2.33. The number of nitrogens with one attached hydrogen (secondary N) is 2. The Bertz CT molecular complexity index is 582. The van der Waals surface area contributed by atoms with Crippen molar-refractivity contribution in [3.8, 4) is 0 Å². The molecule has 1 unspecified atom stereocenters. The number of rotatable bonds is 3. The summed E-state index contributed by atoms with van der Waals surface area (Å²) in [6, 6.07) is 3.00. The molecule has 0 saturated heterocycles. The fourth-order valence-electron chi connectivity index (χ4n) is 1.23. The van der Waals surface area contributed by atoms with Crippen molar-refractivity contribution in [1.82, 2.24) is 5.32 Å². The van der Waals surface area contributed by atoms with Gasteiger partial charge in [0.05, 0.1) is 15.2 Å². The fraction of sp³-hybridized carbons (Fsp3) is 0.273. The van der Waals surface area contributed by atoms with Crippen LogP contribution in [0.25, 0.3) is 0 Å². The molecular weight excluding hydrogens is 380 g/mol. The van der Waals surface area contributed by atoms with E-state index >= 15 is 0 Å². The van der Waals surface area contributed by atoms with Crippen LogP contribution >= 0.6 is 27.5 Å². The quantitative estimate of drug-likeness (QED) is 0.739. The Kier molecular flexibility index (Phi) is 5.11. The van der Waals surface area contributed by atoms with Crippen molar-refractivity contribution < 1.29 is 27.9 Å². The molecule has 10 heteroatoms. The van der Waals surface area contributed by atoms with Gasteiger partial charge in [-0.05, 0) is 35.0 Å². The molecule has 0 aliphatic rings. The minimum absolute atomic E-state index is 0.0925. The maximum Gasteiger partial charge on any atom is 0.422 e. The van der Waals surface area contributed by atoms with Crippen molar-refractivity contribution in [3.63, 3.8) is 0 Å². The zero-order valence-corrected chi connectivity index (χ0v) is 12.7. The molecule has 5 nitrogen and oxygen atoms in total. The lowest BCUT2D eigenvalue weighted by Crippen LogP contribution is -2.62. The van der Waals surface area contributed by atoms with E-state index in [1.165, 1.54) is 23.5 Å². The molecule has 1 atom stereocenters. The third-order valence-corrected chi connectivity index (χ3v) is 3.96. The molecule has 0 aliphatic carbocycles. The SMILES string of the molecule is CC(NC(=O)Nc1cccc(Cl)c1Br)(C(=O)O)C(F)(F)F. The first kappa shape index (κ1) is 17.6. The van der Waals surface area contributed by atoms with Gasteiger partial charge < -0.3 is 15.7 Å². The standard InChI is InChI=1S/C11H9BrClF3N2O3/c1-10(8(19)20,11(14,15)16)18-9(21)17-6-4-2-3-5(13)7(6)12/h2-4H,1H3,(H,19,20)(H2,17,18,21). The molecule has 0 spiro atoms. The van der Waals surface area contributed by atoms with Crippen LogP contribution in [0.1, 0.15) is 6.92 Å². The largest absolute Gasteiger partial charge is 0.479 e. The lowest BCUT2D eigenvalue weighted by Gasteiger charge is -2.28. The number of carbonyl (C=O) groups is 2. The smallest absolute Gasteiger partial charge is 0.422 e. The van der Waals surface area contributed by atoms with E-state index in [1.54, 1.807) is 0 Å². The van der Waals surface area contributed by atoms with Gasteiger partial charge in [-0.25, -0.2) is 9.59 Å². The number of amides is 2. The molecule has 0 aliphatic heterocycles. The fourth-order valence-corrected chi connectivity index (χ4v) is 1.76. The number of carboxylic acids is 1. The Morgan fingerprint density at radius 2 is 1.90 bits per heavy atom. The number of hydrogen-bond donors (Lipinski definition) is 3. The summed E-state index contributed by atoms with van der Waals surface area (Å²) in [6.07, 6.45) is -5.16. The molecule has 0 bridgehead atoms. The minimum atomic E-state index is -5.16. The second-order valence-electron chi connectivity index (χ2n) is 4.11. The summed E-state index contributed by atoms with van der Waals surface area (Å²) in [4.78, 5) is 22.4. The van der Waals surface area contributed by atoms with Crippen molar-refractivity contribution in [2.24, 2.45) is 0 Å². The third kappa shape index (κ3) is 3.79. The van der Waals surface area contributed by atoms with Crippen LogP contribution in [-0.4, -0.2) is 28.8 Å². The van der Waals surface area contributed by atoms with Crippen molar-refractivity contribution in [1.29, 1.82) is 0 Å². The van der Waals surface area contributed by atoms with Crippen molar-refractivity contribution in [2.45, 2.75) is 18.6 Å². The highest BCUT2D eigenvalue weighted by Gasteiger charge is 2.58. The van der Waals surface area contributed by atoms with Crippen LogP contribution in [0.2, 0.25) is 5.02 Å². The van der Waals surface area contributed by atoms with Gasteiger partial charge in [-0.1, -0.05) is 17.7 Å². The molecule has 2 amide bonds. The van der Waals surface area contributed by atoms with E-state index < -0.39 is 23.7 Å². The van der Waals surface area contributed by atoms with Crippen molar-refractivity contribution >= 4 is 45.2 Å². The Morgan fingerprint density at radius 3 is 2.38 bits per heavy atom. The summed E-state index contributed by atoms with van der Waals surface area (Å²) in [5.41, 5.74) is -3.32. The predicted octanol–water partition coefficient (Wildman–Crippen LogP) is 3.63. The second kappa shape index (κ2) is 6.10. The summed E-state index contributed by atoms with van der Waals surface area (Å²) >= 11 is 8.80. The van der Waals surface area contributed by atoms with Crippen molar-refractivity contribution in [3.05, 3.63) is 27.7 Å². The number of alkyl halides is 3.